The fraction of sp³-hybridized carbons (Fsp3) is 0.455. The number of nitrogens with zero attached hydrogens (tertiary/aromatic N) is 2. The van der Waals surface area contributed by atoms with Crippen LogP contribution in [0, 0.1) is 6.92 Å². The second kappa shape index (κ2) is 6.07. The molecule has 0 aliphatic heterocycles. The van der Waals surface area contributed by atoms with Crippen molar-refractivity contribution in [3.63, 3.8) is 0 Å². The van der Waals surface area contributed by atoms with Crippen molar-refractivity contribution < 1.29 is 9.90 Å². The largest absolute Gasteiger partial charge is 0.395 e. The minimum atomic E-state index is -0.209. The molecule has 0 saturated heterocycles. The highest BCUT2D eigenvalue weighted by molar-refractivity contribution is 5.73. The molecule has 0 aliphatic rings. The second-order valence-corrected chi connectivity index (χ2v) is 3.57. The van der Waals surface area contributed by atoms with Gasteiger partial charge in [0, 0.05) is 19.8 Å². The molecule has 0 aromatic carbocycles. The lowest BCUT2D eigenvalue weighted by Crippen LogP contribution is -2.38. The number of aryl methyl sites for hydroxylation is 1. The number of nitrogens with one attached hydrogen (secondary N) is 1. The predicted octanol–water partition coefficient (Wildman–Crippen LogP) is 0.524. The fourth-order valence-corrected chi connectivity index (χ4v) is 1.25. The maximum atomic E-state index is 11.5. The number of urea groups is 1. The average molecular weight is 223 g/mol. The van der Waals surface area contributed by atoms with Crippen LogP contribution in [0.2, 0.25) is 0 Å². The van der Waals surface area contributed by atoms with Crippen LogP contribution >= 0.6 is 0 Å². The van der Waals surface area contributed by atoms with Crippen LogP contribution in [0.1, 0.15) is 11.3 Å². The van der Waals surface area contributed by atoms with Gasteiger partial charge >= 0.3 is 6.03 Å². The summed E-state index contributed by atoms with van der Waals surface area (Å²) in [4.78, 5) is 17.1. The zero-order valence-corrected chi connectivity index (χ0v) is 9.60. The first kappa shape index (κ1) is 12.4. The highest BCUT2D eigenvalue weighted by Crippen LogP contribution is 2.02. The number of pyridine rings is 1. The highest BCUT2D eigenvalue weighted by Gasteiger charge is 2.07. The number of aliphatic hydroxyl groups excluding tert-OH is 1. The van der Waals surface area contributed by atoms with E-state index in [0.29, 0.717) is 13.1 Å². The van der Waals surface area contributed by atoms with Gasteiger partial charge in [-0.3, -0.25) is 4.98 Å². The molecule has 88 valence electrons. The lowest BCUT2D eigenvalue weighted by atomic mass is 10.2. The number of hydrogen-bond donors (Lipinski definition) is 2. The Balaban J connectivity index is 2.46. The van der Waals surface area contributed by atoms with E-state index in [-0.39, 0.29) is 12.6 Å². The summed E-state index contributed by atoms with van der Waals surface area (Å²) in [5.74, 6) is 0. The maximum absolute atomic E-state index is 11.5. The Kier molecular flexibility index (Phi) is 4.72. The van der Waals surface area contributed by atoms with Gasteiger partial charge in [-0.25, -0.2) is 4.79 Å². The van der Waals surface area contributed by atoms with Gasteiger partial charge in [-0.15, -0.1) is 0 Å². The molecular weight excluding hydrogens is 206 g/mol. The molecule has 2 N–H and O–H groups in total. The van der Waals surface area contributed by atoms with E-state index in [1.54, 1.807) is 13.2 Å². The van der Waals surface area contributed by atoms with Crippen LogP contribution in [-0.2, 0) is 6.54 Å². The Labute approximate surface area is 95.1 Å². The molecule has 0 radical (unpaired) electrons. The number of carbonyl (C=O) groups is 1. The highest BCUT2D eigenvalue weighted by atomic mass is 16.3. The number of hydrogen-bond acceptors (Lipinski definition) is 3. The Morgan fingerprint density at radius 2 is 2.38 bits per heavy atom. The standard InChI is InChI=1S/C11H17N3O2/c1-9-4-3-5-12-10(9)8-13-11(16)14(2)6-7-15/h3-5,15H,6-8H2,1-2H3,(H,13,16). The Morgan fingerprint density at radius 3 is 3.00 bits per heavy atom. The van der Waals surface area contributed by atoms with Crippen molar-refractivity contribution in [2.24, 2.45) is 0 Å². The molecule has 0 fully saturated rings. The predicted molar refractivity (Wildman–Crippen MR) is 60.9 cm³/mol. The summed E-state index contributed by atoms with van der Waals surface area (Å²) in [5, 5.41) is 11.4. The third-order valence-electron chi connectivity index (χ3n) is 2.31. The van der Waals surface area contributed by atoms with Gasteiger partial charge in [0.15, 0.2) is 0 Å². The van der Waals surface area contributed by atoms with E-state index in [2.05, 4.69) is 10.3 Å². The van der Waals surface area contributed by atoms with E-state index >= 15 is 0 Å². The molecule has 0 unspecified atom stereocenters. The van der Waals surface area contributed by atoms with Crippen molar-refractivity contribution in [2.75, 3.05) is 20.2 Å². The van der Waals surface area contributed by atoms with Crippen LogP contribution < -0.4 is 5.32 Å². The van der Waals surface area contributed by atoms with Crippen LogP contribution in [0.3, 0.4) is 0 Å². The molecule has 1 aromatic heterocycles. The third-order valence-corrected chi connectivity index (χ3v) is 2.31. The number of aliphatic hydroxyl groups is 1. The zero-order chi connectivity index (χ0) is 12.0. The summed E-state index contributed by atoms with van der Waals surface area (Å²) in [6.45, 7) is 2.65. The Morgan fingerprint density at radius 1 is 1.62 bits per heavy atom. The third kappa shape index (κ3) is 3.51. The Bertz CT molecular complexity index is 355. The van der Waals surface area contributed by atoms with E-state index in [4.69, 9.17) is 5.11 Å². The summed E-state index contributed by atoms with van der Waals surface area (Å²) in [5.41, 5.74) is 1.90. The van der Waals surface area contributed by atoms with Crippen LogP contribution in [0.25, 0.3) is 0 Å². The zero-order valence-electron chi connectivity index (χ0n) is 9.60. The summed E-state index contributed by atoms with van der Waals surface area (Å²) >= 11 is 0. The van der Waals surface area contributed by atoms with Crippen molar-refractivity contribution >= 4 is 6.03 Å². The SMILES string of the molecule is Cc1cccnc1CNC(=O)N(C)CCO. The molecule has 2 amide bonds. The van der Waals surface area contributed by atoms with Crippen molar-refractivity contribution in [1.82, 2.24) is 15.2 Å². The van der Waals surface area contributed by atoms with Crippen LogP contribution in [0.5, 0.6) is 0 Å². The quantitative estimate of drug-likeness (QED) is 0.782. The molecular formula is C11H17N3O2. The van der Waals surface area contributed by atoms with Gasteiger partial charge in [-0.05, 0) is 18.6 Å². The molecule has 16 heavy (non-hydrogen) atoms. The maximum Gasteiger partial charge on any atom is 0.317 e. The second-order valence-electron chi connectivity index (χ2n) is 3.57. The molecule has 0 aliphatic carbocycles. The van der Waals surface area contributed by atoms with Gasteiger partial charge in [-0.2, -0.15) is 0 Å². The van der Waals surface area contributed by atoms with E-state index in [0.717, 1.165) is 11.3 Å². The van der Waals surface area contributed by atoms with Crippen LogP contribution in [0.15, 0.2) is 18.3 Å². The minimum Gasteiger partial charge on any atom is -0.395 e. The number of carbonyl (C=O) groups excluding carboxylic acids is 1. The minimum absolute atomic E-state index is 0.0352. The van der Waals surface area contributed by atoms with Gasteiger partial charge < -0.3 is 15.3 Å². The van der Waals surface area contributed by atoms with E-state index in [1.807, 2.05) is 19.1 Å². The van der Waals surface area contributed by atoms with Crippen molar-refractivity contribution in [3.05, 3.63) is 29.6 Å². The van der Waals surface area contributed by atoms with Gasteiger partial charge in [-0.1, -0.05) is 6.07 Å². The van der Waals surface area contributed by atoms with Crippen LogP contribution in [-0.4, -0.2) is 41.2 Å². The van der Waals surface area contributed by atoms with E-state index in [1.165, 1.54) is 4.90 Å². The lowest BCUT2D eigenvalue weighted by Gasteiger charge is -2.16. The van der Waals surface area contributed by atoms with Gasteiger partial charge in [0.2, 0.25) is 0 Å². The molecule has 0 saturated carbocycles. The lowest BCUT2D eigenvalue weighted by molar-refractivity contribution is 0.190. The number of likely N-dealkylation sites (N-methyl/N-ethyl adjacent to an activating group) is 1. The number of amides is 2. The van der Waals surface area contributed by atoms with Gasteiger partial charge in [0.25, 0.3) is 0 Å². The molecule has 5 heteroatoms. The molecule has 0 atom stereocenters. The summed E-state index contributed by atoms with van der Waals surface area (Å²) in [6, 6.07) is 3.60. The first-order valence-corrected chi connectivity index (χ1v) is 5.15. The number of aromatic nitrogens is 1. The first-order valence-electron chi connectivity index (χ1n) is 5.15. The summed E-state index contributed by atoms with van der Waals surface area (Å²) in [6.07, 6.45) is 1.70. The molecule has 1 heterocycles. The first-order chi connectivity index (χ1) is 7.65. The van der Waals surface area contributed by atoms with Crippen molar-refractivity contribution in [2.45, 2.75) is 13.5 Å². The summed E-state index contributed by atoms with van der Waals surface area (Å²) < 4.78 is 0. The van der Waals surface area contributed by atoms with Crippen LogP contribution in [0.4, 0.5) is 4.79 Å². The van der Waals surface area contributed by atoms with E-state index in [9.17, 15) is 4.79 Å². The molecule has 0 spiro atoms. The monoisotopic (exact) mass is 223 g/mol. The Hall–Kier alpha value is -1.62. The molecule has 5 nitrogen and oxygen atoms in total. The van der Waals surface area contributed by atoms with Crippen molar-refractivity contribution in [1.29, 1.82) is 0 Å². The normalized spacial score (nSPS) is 9.94. The average Bonchev–Trinajstić information content (AvgIpc) is 2.28. The topological polar surface area (TPSA) is 65.5 Å². The van der Waals surface area contributed by atoms with Crippen molar-refractivity contribution in [3.8, 4) is 0 Å². The summed E-state index contributed by atoms with van der Waals surface area (Å²) in [7, 11) is 1.64. The van der Waals surface area contributed by atoms with Gasteiger partial charge in [0.05, 0.1) is 18.8 Å². The molecule has 0 bridgehead atoms. The van der Waals surface area contributed by atoms with Gasteiger partial charge in [0.1, 0.15) is 0 Å². The molecule has 1 aromatic rings. The molecule has 1 rings (SSSR count). The fourth-order valence-electron chi connectivity index (χ4n) is 1.25. The van der Waals surface area contributed by atoms with E-state index < -0.39 is 0 Å². The smallest absolute Gasteiger partial charge is 0.317 e. The number of rotatable bonds is 4.